The van der Waals surface area contributed by atoms with Gasteiger partial charge < -0.3 is 19.6 Å². The lowest BCUT2D eigenvalue weighted by Gasteiger charge is -2.22. The van der Waals surface area contributed by atoms with Gasteiger partial charge in [-0.2, -0.15) is 0 Å². The van der Waals surface area contributed by atoms with E-state index in [0.29, 0.717) is 28.2 Å². The fraction of sp³-hybridized carbons (Fsp3) is 0.120. The number of ketones is 1. The number of ether oxygens (including phenoxy) is 2. The van der Waals surface area contributed by atoms with Crippen LogP contribution in [-0.2, 0) is 9.59 Å². The molecule has 9 nitrogen and oxygen atoms in total. The largest absolute Gasteiger partial charge is 0.507 e. The van der Waals surface area contributed by atoms with E-state index < -0.39 is 23.5 Å². The summed E-state index contributed by atoms with van der Waals surface area (Å²) >= 11 is 0. The number of Topliss-reactive ketones (excluding diaryl/α,β-unsaturated/α-hetero) is 1. The molecule has 2 aromatic heterocycles. The Labute approximate surface area is 194 Å². The van der Waals surface area contributed by atoms with Crippen LogP contribution in [0.2, 0.25) is 0 Å². The van der Waals surface area contributed by atoms with Gasteiger partial charge >= 0.3 is 5.91 Å². The molecule has 1 amide bonds. The van der Waals surface area contributed by atoms with Gasteiger partial charge in [-0.15, -0.1) is 0 Å². The van der Waals surface area contributed by atoms with Crippen LogP contribution in [0.25, 0.3) is 16.8 Å². The number of pyridine rings is 1. The van der Waals surface area contributed by atoms with Gasteiger partial charge in [0.25, 0.3) is 5.78 Å². The molecule has 1 saturated heterocycles. The zero-order valence-corrected chi connectivity index (χ0v) is 18.4. The minimum absolute atomic E-state index is 0.129. The molecule has 5 rings (SSSR count). The number of para-hydroxylation sites is 2. The van der Waals surface area contributed by atoms with Crippen molar-refractivity contribution in [3.05, 3.63) is 83.7 Å². The second-order valence-electron chi connectivity index (χ2n) is 7.57. The summed E-state index contributed by atoms with van der Waals surface area (Å²) in [6.07, 6.45) is 1.56. The van der Waals surface area contributed by atoms with Crippen LogP contribution in [0.15, 0.2) is 72.4 Å². The maximum Gasteiger partial charge on any atom is 0.302 e. The molecule has 4 aromatic rings. The first-order chi connectivity index (χ1) is 16.5. The summed E-state index contributed by atoms with van der Waals surface area (Å²) < 4.78 is 10.7. The van der Waals surface area contributed by atoms with Crippen molar-refractivity contribution in [3.8, 4) is 11.5 Å². The van der Waals surface area contributed by atoms with E-state index in [2.05, 4.69) is 15.0 Å². The highest BCUT2D eigenvalue weighted by atomic mass is 16.5. The fourth-order valence-electron chi connectivity index (χ4n) is 4.07. The molecule has 0 aliphatic carbocycles. The van der Waals surface area contributed by atoms with Gasteiger partial charge in [0.05, 0.1) is 42.1 Å². The number of hydrogen-bond donors (Lipinski definition) is 2. The quantitative estimate of drug-likeness (QED) is 0.268. The molecule has 9 heteroatoms. The predicted molar refractivity (Wildman–Crippen MR) is 125 cm³/mol. The Hall–Kier alpha value is -4.66. The molecule has 1 fully saturated rings. The predicted octanol–water partition coefficient (Wildman–Crippen LogP) is 3.60. The summed E-state index contributed by atoms with van der Waals surface area (Å²) in [5.41, 5.74) is 1.81. The summed E-state index contributed by atoms with van der Waals surface area (Å²) in [5, 5.41) is 11.4. The van der Waals surface area contributed by atoms with Crippen molar-refractivity contribution in [2.45, 2.75) is 6.04 Å². The van der Waals surface area contributed by atoms with Crippen molar-refractivity contribution in [2.75, 3.05) is 19.1 Å². The third-order valence-electron chi connectivity index (χ3n) is 5.68. The van der Waals surface area contributed by atoms with Crippen molar-refractivity contribution in [1.29, 1.82) is 0 Å². The Balaban J connectivity index is 1.75. The Morgan fingerprint density at radius 3 is 2.53 bits per heavy atom. The number of amides is 1. The highest BCUT2D eigenvalue weighted by Gasteiger charge is 2.49. The molecule has 3 heterocycles. The SMILES string of the molecule is COc1ccc(OC)c(/C(O)=C2\C(=O)C(=O)N(c3nc4ccccc4[nH]3)C2c2ccccn2)c1. The second-order valence-corrected chi connectivity index (χ2v) is 7.57. The van der Waals surface area contributed by atoms with Gasteiger partial charge in [-0.05, 0) is 42.5 Å². The Kier molecular flexibility index (Phi) is 5.21. The van der Waals surface area contributed by atoms with E-state index in [4.69, 9.17) is 9.47 Å². The molecule has 0 radical (unpaired) electrons. The van der Waals surface area contributed by atoms with Gasteiger partial charge in [-0.25, -0.2) is 4.98 Å². The average molecular weight is 456 g/mol. The molecular weight excluding hydrogens is 436 g/mol. The maximum absolute atomic E-state index is 13.3. The van der Waals surface area contributed by atoms with E-state index in [9.17, 15) is 14.7 Å². The maximum atomic E-state index is 13.3. The molecule has 170 valence electrons. The van der Waals surface area contributed by atoms with Crippen LogP contribution in [0.3, 0.4) is 0 Å². The summed E-state index contributed by atoms with van der Waals surface area (Å²) in [6.45, 7) is 0. The number of benzene rings is 2. The summed E-state index contributed by atoms with van der Waals surface area (Å²) in [4.78, 5) is 39.8. The summed E-state index contributed by atoms with van der Waals surface area (Å²) in [7, 11) is 2.93. The van der Waals surface area contributed by atoms with Gasteiger partial charge in [0.15, 0.2) is 0 Å². The minimum atomic E-state index is -1.02. The Bertz CT molecular complexity index is 1410. The second kappa shape index (κ2) is 8.36. The monoisotopic (exact) mass is 456 g/mol. The summed E-state index contributed by atoms with van der Waals surface area (Å²) in [6, 6.07) is 16.2. The molecule has 1 atom stereocenters. The van der Waals surface area contributed by atoms with E-state index in [1.165, 1.54) is 25.2 Å². The lowest BCUT2D eigenvalue weighted by molar-refractivity contribution is -0.132. The third-order valence-corrected chi connectivity index (χ3v) is 5.68. The van der Waals surface area contributed by atoms with E-state index in [0.717, 1.165) is 0 Å². The number of methoxy groups -OCH3 is 2. The molecule has 34 heavy (non-hydrogen) atoms. The van der Waals surface area contributed by atoms with Gasteiger partial charge in [0.1, 0.15) is 23.3 Å². The number of aliphatic hydroxyl groups is 1. The van der Waals surface area contributed by atoms with Crippen molar-refractivity contribution < 1.29 is 24.2 Å². The van der Waals surface area contributed by atoms with Gasteiger partial charge in [0, 0.05) is 6.20 Å². The number of rotatable bonds is 5. The molecule has 0 bridgehead atoms. The lowest BCUT2D eigenvalue weighted by Crippen LogP contribution is -2.30. The van der Waals surface area contributed by atoms with E-state index in [1.54, 1.807) is 42.6 Å². The summed E-state index contributed by atoms with van der Waals surface area (Å²) in [5.74, 6) is -1.16. The van der Waals surface area contributed by atoms with Crippen LogP contribution >= 0.6 is 0 Å². The molecule has 0 saturated carbocycles. The lowest BCUT2D eigenvalue weighted by atomic mass is 9.98. The highest BCUT2D eigenvalue weighted by Crippen LogP contribution is 2.42. The van der Waals surface area contributed by atoms with Crippen LogP contribution in [0.1, 0.15) is 17.3 Å². The Morgan fingerprint density at radius 1 is 1.03 bits per heavy atom. The topological polar surface area (TPSA) is 118 Å². The number of carbonyl (C=O) groups is 2. The Morgan fingerprint density at radius 2 is 1.82 bits per heavy atom. The van der Waals surface area contributed by atoms with E-state index in [-0.39, 0.29) is 17.1 Å². The number of fused-ring (bicyclic) bond motifs is 1. The van der Waals surface area contributed by atoms with E-state index in [1.807, 2.05) is 18.2 Å². The molecule has 1 unspecified atom stereocenters. The van der Waals surface area contributed by atoms with Crippen LogP contribution in [0.5, 0.6) is 11.5 Å². The fourth-order valence-corrected chi connectivity index (χ4v) is 4.07. The van der Waals surface area contributed by atoms with Crippen LogP contribution < -0.4 is 14.4 Å². The minimum Gasteiger partial charge on any atom is -0.507 e. The first-order valence-electron chi connectivity index (χ1n) is 10.4. The van der Waals surface area contributed by atoms with Crippen LogP contribution in [0, 0.1) is 0 Å². The third kappa shape index (κ3) is 3.34. The number of aromatic nitrogens is 3. The normalized spacial score (nSPS) is 17.4. The van der Waals surface area contributed by atoms with Gasteiger partial charge in [0.2, 0.25) is 5.95 Å². The van der Waals surface area contributed by atoms with Gasteiger partial charge in [-0.1, -0.05) is 18.2 Å². The zero-order chi connectivity index (χ0) is 23.8. The first-order valence-corrected chi connectivity index (χ1v) is 10.4. The number of aromatic amines is 1. The van der Waals surface area contributed by atoms with Crippen molar-refractivity contribution in [2.24, 2.45) is 0 Å². The number of anilines is 1. The molecule has 1 aliphatic heterocycles. The number of hydrogen-bond acceptors (Lipinski definition) is 7. The zero-order valence-electron chi connectivity index (χ0n) is 18.4. The number of aliphatic hydroxyl groups excluding tert-OH is 1. The smallest absolute Gasteiger partial charge is 0.302 e. The number of imidazole rings is 1. The van der Waals surface area contributed by atoms with Crippen LogP contribution in [0.4, 0.5) is 5.95 Å². The molecular formula is C25H20N4O5. The first kappa shape index (κ1) is 21.2. The molecule has 2 N–H and O–H groups in total. The molecule has 0 spiro atoms. The van der Waals surface area contributed by atoms with Crippen LogP contribution in [-0.4, -0.2) is 46.0 Å². The standard InChI is InChI=1S/C25H20N4O5/c1-33-14-10-11-19(34-2)15(13-14)22(30)20-21(18-9-5-6-12-26-18)29(24(32)23(20)31)25-27-16-7-3-4-8-17(16)28-25/h3-13,21,30H,1-2H3,(H,27,28)/b22-20+. The molecule has 1 aliphatic rings. The molecule has 2 aromatic carbocycles. The van der Waals surface area contributed by atoms with Crippen molar-refractivity contribution in [1.82, 2.24) is 15.0 Å². The van der Waals surface area contributed by atoms with Crippen molar-refractivity contribution >= 4 is 34.4 Å². The average Bonchev–Trinajstić information content (AvgIpc) is 3.42. The van der Waals surface area contributed by atoms with Crippen molar-refractivity contribution in [3.63, 3.8) is 0 Å². The number of nitrogens with one attached hydrogen (secondary N) is 1. The van der Waals surface area contributed by atoms with Gasteiger partial charge in [-0.3, -0.25) is 19.5 Å². The number of carbonyl (C=O) groups excluding carboxylic acids is 2. The highest BCUT2D eigenvalue weighted by molar-refractivity contribution is 6.51. The van der Waals surface area contributed by atoms with E-state index >= 15 is 0 Å². The number of H-pyrrole nitrogens is 1. The number of nitrogens with zero attached hydrogens (tertiary/aromatic N) is 3.